The second-order valence-electron chi connectivity index (χ2n) is 12.6. The van der Waals surface area contributed by atoms with Gasteiger partial charge in [0.25, 0.3) is 0 Å². The number of halogens is 1. The molecule has 1 fully saturated rings. The summed E-state index contributed by atoms with van der Waals surface area (Å²) in [7, 11) is 3.88. The van der Waals surface area contributed by atoms with Crippen LogP contribution >= 0.6 is 0 Å². The van der Waals surface area contributed by atoms with E-state index in [1.165, 1.54) is 12.8 Å². The molecular weight excluding hydrogens is 710 g/mol. The van der Waals surface area contributed by atoms with E-state index in [9.17, 15) is 0 Å². The van der Waals surface area contributed by atoms with E-state index in [0.717, 1.165) is 30.3 Å². The average molecular weight is 761 g/mol. The molecular formula is C28H51BIN6O4Sr+3. The molecule has 0 bridgehead atoms. The van der Waals surface area contributed by atoms with Crippen LogP contribution < -0.4 is 39.3 Å². The van der Waals surface area contributed by atoms with Gasteiger partial charge in [0.2, 0.25) is 17.1 Å². The summed E-state index contributed by atoms with van der Waals surface area (Å²) in [5, 5.41) is 10.9. The van der Waals surface area contributed by atoms with Gasteiger partial charge in [-0.25, -0.2) is 0 Å². The summed E-state index contributed by atoms with van der Waals surface area (Å²) in [4.78, 5) is 0. The molecule has 0 spiro atoms. The molecule has 13 heteroatoms. The fraction of sp³-hybridized carbons (Fsp3) is 0.679. The molecule has 1 aliphatic rings. The molecule has 0 amide bonds. The van der Waals surface area contributed by atoms with Crippen LogP contribution in [0.5, 0.6) is 0 Å². The zero-order valence-corrected chi connectivity index (χ0v) is 32.3. The van der Waals surface area contributed by atoms with Gasteiger partial charge in [-0.15, -0.1) is 0 Å². The first-order chi connectivity index (χ1) is 18.4. The fourth-order valence-electron chi connectivity index (χ4n) is 5.13. The van der Waals surface area contributed by atoms with Crippen LogP contribution in [0.3, 0.4) is 0 Å². The van der Waals surface area contributed by atoms with E-state index in [4.69, 9.17) is 18.9 Å². The predicted molar refractivity (Wildman–Crippen MR) is 157 cm³/mol. The Morgan fingerprint density at radius 3 is 1.17 bits per heavy atom. The number of nitrogens with zero attached hydrogens (tertiary/aromatic N) is 3. The van der Waals surface area contributed by atoms with Gasteiger partial charge < -0.3 is 42.9 Å². The molecule has 0 unspecified atom stereocenters. The van der Waals surface area contributed by atoms with E-state index in [2.05, 4.69) is 107 Å². The maximum absolute atomic E-state index is 5.46. The SMILES string of the molecule is C1CCOC1.COCC(C)(C)c1ccn([BH-](n2ccc(C(C)(C)COC)[nH+]2)n2ccc(C(C)(C)COC)[nH+]2)[nH+]1.[I-].[Sr+2]. The number of hydrogen-bond acceptors (Lipinski definition) is 4. The second-order valence-corrected chi connectivity index (χ2v) is 12.6. The summed E-state index contributed by atoms with van der Waals surface area (Å²) in [5.74, 6) is 0. The van der Waals surface area contributed by atoms with E-state index in [1.54, 1.807) is 21.3 Å². The Hall–Kier alpha value is -0.255. The molecule has 3 aromatic heterocycles. The van der Waals surface area contributed by atoms with Gasteiger partial charge in [0.05, 0.1) is 36.1 Å². The number of ether oxygens (including phenoxy) is 4. The van der Waals surface area contributed by atoms with Crippen molar-refractivity contribution in [3.63, 3.8) is 0 Å². The third-order valence-corrected chi connectivity index (χ3v) is 7.50. The van der Waals surface area contributed by atoms with Crippen molar-refractivity contribution >= 4 is 52.6 Å². The molecule has 10 nitrogen and oxygen atoms in total. The molecule has 3 aromatic rings. The Kier molecular flexibility index (Phi) is 16.3. The van der Waals surface area contributed by atoms with Gasteiger partial charge in [-0.05, 0) is 54.4 Å². The van der Waals surface area contributed by atoms with E-state index < -0.39 is 7.12 Å². The first-order valence-electron chi connectivity index (χ1n) is 14.0. The van der Waals surface area contributed by atoms with Crippen LogP contribution in [0, 0.1) is 0 Å². The maximum Gasteiger partial charge on any atom is 2.00 e. The smallest absolute Gasteiger partial charge is 1.00 e. The summed E-state index contributed by atoms with van der Waals surface area (Å²) in [5.41, 5.74) is 2.94. The number of hydrogen-bond donors (Lipinski definition) is 0. The van der Waals surface area contributed by atoms with Crippen LogP contribution in [0.2, 0.25) is 0 Å². The van der Waals surface area contributed by atoms with Gasteiger partial charge in [0.1, 0.15) is 0 Å². The molecule has 0 aliphatic carbocycles. The zero-order valence-electron chi connectivity index (χ0n) is 26.7. The Balaban J connectivity index is 0.00000108. The number of aromatic nitrogens is 6. The third kappa shape index (κ3) is 10.4. The predicted octanol–water partition coefficient (Wildman–Crippen LogP) is -1.61. The van der Waals surface area contributed by atoms with Gasteiger partial charge >= 0.3 is 52.6 Å². The quantitative estimate of drug-likeness (QED) is 0.164. The van der Waals surface area contributed by atoms with Crippen molar-refractivity contribution in [1.29, 1.82) is 0 Å². The Bertz CT molecular complexity index is 1020. The molecule has 0 atom stereocenters. The van der Waals surface area contributed by atoms with Crippen molar-refractivity contribution in [3.8, 4) is 0 Å². The molecule has 4 rings (SSSR count). The minimum absolute atomic E-state index is 0. The molecule has 1 saturated heterocycles. The molecule has 41 heavy (non-hydrogen) atoms. The molecule has 3 N–H and O–H groups in total. The second kappa shape index (κ2) is 17.3. The molecule has 226 valence electrons. The van der Waals surface area contributed by atoms with Gasteiger partial charge in [0, 0.05) is 71.3 Å². The number of rotatable bonds is 12. The first kappa shape index (κ1) is 38.8. The van der Waals surface area contributed by atoms with E-state index in [1.807, 2.05) is 0 Å². The van der Waals surface area contributed by atoms with Gasteiger partial charge in [0.15, 0.2) is 0 Å². The number of aromatic amines is 3. The van der Waals surface area contributed by atoms with Crippen molar-refractivity contribution in [2.75, 3.05) is 54.4 Å². The van der Waals surface area contributed by atoms with E-state index in [0.29, 0.717) is 19.8 Å². The molecule has 0 saturated carbocycles. The van der Waals surface area contributed by atoms with Crippen LogP contribution in [0.25, 0.3) is 0 Å². The van der Waals surface area contributed by atoms with Crippen LogP contribution in [-0.4, -0.2) is 121 Å². The zero-order chi connectivity index (χ0) is 28.7. The summed E-state index contributed by atoms with van der Waals surface area (Å²) >= 11 is 0. The largest absolute Gasteiger partial charge is 2.00 e. The monoisotopic (exact) mass is 761 g/mol. The van der Waals surface area contributed by atoms with E-state index >= 15 is 0 Å². The van der Waals surface area contributed by atoms with Crippen molar-refractivity contribution in [2.45, 2.75) is 70.6 Å². The molecule has 4 heterocycles. The Labute approximate surface area is 300 Å². The van der Waals surface area contributed by atoms with E-state index in [-0.39, 0.29) is 85.7 Å². The maximum atomic E-state index is 5.46. The summed E-state index contributed by atoms with van der Waals surface area (Å²) in [6.07, 6.45) is 8.87. The van der Waals surface area contributed by atoms with Gasteiger partial charge in [-0.2, -0.15) is 15.3 Å². The van der Waals surface area contributed by atoms with Crippen molar-refractivity contribution in [3.05, 3.63) is 53.9 Å². The topological polar surface area (TPSA) is 94.1 Å². The minimum Gasteiger partial charge on any atom is -1.00 e. The fourth-order valence-corrected chi connectivity index (χ4v) is 5.13. The third-order valence-electron chi connectivity index (χ3n) is 7.50. The number of H-pyrrole nitrogens is 3. The average Bonchev–Trinajstić information content (AvgIpc) is 3.69. The number of methoxy groups -OCH3 is 3. The molecule has 1 aliphatic heterocycles. The Morgan fingerprint density at radius 2 is 0.951 bits per heavy atom. The van der Waals surface area contributed by atoms with Crippen molar-refractivity contribution in [2.24, 2.45) is 0 Å². The van der Waals surface area contributed by atoms with Crippen LogP contribution in [-0.2, 0) is 35.2 Å². The van der Waals surface area contributed by atoms with Crippen LogP contribution in [0.1, 0.15) is 71.5 Å². The normalized spacial score (nSPS) is 13.9. The molecule has 0 radical (unpaired) electrons. The Morgan fingerprint density at radius 1 is 0.659 bits per heavy atom. The number of nitrogens with one attached hydrogen (secondary N) is 3. The minimum atomic E-state index is -1.33. The summed E-state index contributed by atoms with van der Waals surface area (Å²) in [6, 6.07) is 6.41. The summed E-state index contributed by atoms with van der Waals surface area (Å²) in [6.45, 7) is 17.0. The van der Waals surface area contributed by atoms with Crippen molar-refractivity contribution in [1.82, 2.24) is 13.8 Å². The first-order valence-corrected chi connectivity index (χ1v) is 14.0. The van der Waals surface area contributed by atoms with Gasteiger partial charge in [-0.1, -0.05) is 0 Å². The van der Waals surface area contributed by atoms with Crippen molar-refractivity contribution < 1.29 is 58.2 Å². The molecule has 0 aromatic carbocycles. The standard InChI is InChI=1S/C24H40BN6O3.C4H8O.HI.Sr/c1-22(2,16-32-7)19-10-13-29(26-19)25(30-14-11-20(27-30)23(3,4)17-33-8)31-15-12-21(28-31)24(5,6)18-34-9;1-2-4-5-3-1;;/h10-15,25H,16-18H2,1-9H3;1-4H2;1H;/q-1;;;+2/p+2. The van der Waals surface area contributed by atoms with Crippen LogP contribution in [0.15, 0.2) is 36.8 Å². The van der Waals surface area contributed by atoms with Crippen LogP contribution in [0.4, 0.5) is 0 Å². The van der Waals surface area contributed by atoms with Gasteiger partial charge in [-0.3, -0.25) is 13.8 Å². The summed E-state index contributed by atoms with van der Waals surface area (Å²) < 4.78 is 27.8.